The van der Waals surface area contributed by atoms with Gasteiger partial charge >= 0.3 is 5.97 Å². The topological polar surface area (TPSA) is 98.5 Å². The molecule has 0 saturated heterocycles. The molecule has 0 aliphatic carbocycles. The molecule has 0 fully saturated rings. The van der Waals surface area contributed by atoms with E-state index in [0.29, 0.717) is 35.7 Å². The van der Waals surface area contributed by atoms with Gasteiger partial charge in [0.1, 0.15) is 5.76 Å². The lowest BCUT2D eigenvalue weighted by Gasteiger charge is -2.17. The number of esters is 1. The van der Waals surface area contributed by atoms with Crippen molar-refractivity contribution in [2.45, 2.75) is 19.8 Å². The number of ether oxygens (including phenoxy) is 1. The summed E-state index contributed by atoms with van der Waals surface area (Å²) in [5.74, 6) is -0.443. The summed E-state index contributed by atoms with van der Waals surface area (Å²) in [6.07, 6.45) is 0.956. The third-order valence-electron chi connectivity index (χ3n) is 4.67. The predicted octanol–water partition coefficient (Wildman–Crippen LogP) is 3.57. The third kappa shape index (κ3) is 3.94. The summed E-state index contributed by atoms with van der Waals surface area (Å²) < 4.78 is 10.7. The number of benzene rings is 2. The summed E-state index contributed by atoms with van der Waals surface area (Å²) in [5, 5.41) is 2.77. The Balaban J connectivity index is 1.43. The fourth-order valence-electron chi connectivity index (χ4n) is 3.13. The fourth-order valence-corrected chi connectivity index (χ4v) is 3.13. The molecule has 1 N–H and O–H groups in total. The van der Waals surface area contributed by atoms with Crippen molar-refractivity contribution in [2.75, 3.05) is 11.9 Å². The number of oxazole rings is 1. The van der Waals surface area contributed by atoms with E-state index in [1.165, 1.54) is 0 Å². The van der Waals surface area contributed by atoms with Crippen LogP contribution in [0.1, 0.15) is 38.6 Å². The molecule has 0 saturated carbocycles. The molecule has 0 unspecified atom stereocenters. The van der Waals surface area contributed by atoms with Gasteiger partial charge < -0.3 is 14.5 Å². The maximum absolute atomic E-state index is 12.4. The lowest BCUT2D eigenvalue weighted by atomic mass is 9.99. The first-order chi connectivity index (χ1) is 14.0. The van der Waals surface area contributed by atoms with E-state index in [2.05, 4.69) is 10.3 Å². The number of hydrogen-bond donors (Lipinski definition) is 1. The van der Waals surface area contributed by atoms with Gasteiger partial charge in [-0.2, -0.15) is 0 Å². The lowest BCUT2D eigenvalue weighted by molar-refractivity contribution is -0.116. The fraction of sp³-hybridized carbons (Fsp3) is 0.182. The number of aromatic nitrogens is 1. The molecule has 3 aromatic rings. The van der Waals surface area contributed by atoms with E-state index in [1.54, 1.807) is 25.1 Å². The summed E-state index contributed by atoms with van der Waals surface area (Å²) in [7, 11) is 0. The summed E-state index contributed by atoms with van der Waals surface area (Å²) >= 11 is 0. The first-order valence-corrected chi connectivity index (χ1v) is 9.17. The Morgan fingerprint density at radius 3 is 2.72 bits per heavy atom. The van der Waals surface area contributed by atoms with E-state index < -0.39 is 12.6 Å². The summed E-state index contributed by atoms with van der Waals surface area (Å²) in [6.45, 7) is 1.21. The first-order valence-electron chi connectivity index (χ1n) is 9.17. The summed E-state index contributed by atoms with van der Waals surface area (Å²) in [6, 6.07) is 14.2. The highest BCUT2D eigenvalue weighted by Crippen LogP contribution is 2.24. The Labute approximate surface area is 166 Å². The zero-order valence-corrected chi connectivity index (χ0v) is 15.7. The summed E-state index contributed by atoms with van der Waals surface area (Å²) in [5.41, 5.74) is 2.81. The van der Waals surface area contributed by atoms with Crippen LogP contribution in [0, 0.1) is 6.92 Å². The highest BCUT2D eigenvalue weighted by Gasteiger charge is 2.21. The number of ketones is 1. The normalized spacial score (nSPS) is 12.8. The molecule has 0 atom stereocenters. The second kappa shape index (κ2) is 7.71. The quantitative estimate of drug-likeness (QED) is 0.528. The highest BCUT2D eigenvalue weighted by atomic mass is 16.5. The standard InChI is InChI=1S/C22H18N2O5/c1-13-20(24-21(29-13)14-5-3-2-4-6-14)22(27)28-12-18(25)16-7-9-17-15(11-16)8-10-19(26)23-17/h2-7,9,11H,8,10,12H2,1H3,(H,23,26). The van der Waals surface area contributed by atoms with Crippen LogP contribution in [-0.4, -0.2) is 29.3 Å². The van der Waals surface area contributed by atoms with Crippen LogP contribution in [0.15, 0.2) is 52.9 Å². The van der Waals surface area contributed by atoms with Gasteiger partial charge in [-0.1, -0.05) is 18.2 Å². The van der Waals surface area contributed by atoms with E-state index >= 15 is 0 Å². The molecule has 1 aliphatic heterocycles. The number of anilines is 1. The van der Waals surface area contributed by atoms with E-state index in [0.717, 1.165) is 11.1 Å². The molecule has 0 radical (unpaired) electrons. The van der Waals surface area contributed by atoms with Crippen molar-refractivity contribution in [2.24, 2.45) is 0 Å². The molecular weight excluding hydrogens is 372 g/mol. The molecule has 7 heteroatoms. The average Bonchev–Trinajstić information content (AvgIpc) is 3.13. The first kappa shape index (κ1) is 18.6. The Hall–Kier alpha value is -3.74. The molecule has 2 aromatic carbocycles. The number of aryl methyl sites for hydroxylation is 2. The number of carbonyl (C=O) groups excluding carboxylic acids is 3. The molecule has 4 rings (SSSR count). The van der Waals surface area contributed by atoms with Crippen LogP contribution in [0.3, 0.4) is 0 Å². The van der Waals surface area contributed by atoms with Crippen LogP contribution in [-0.2, 0) is 16.0 Å². The summed E-state index contributed by atoms with van der Waals surface area (Å²) in [4.78, 5) is 40.4. The minimum absolute atomic E-state index is 0.0386. The van der Waals surface area contributed by atoms with Gasteiger partial charge in [-0.25, -0.2) is 9.78 Å². The van der Waals surface area contributed by atoms with Gasteiger partial charge in [0.05, 0.1) is 0 Å². The number of carbonyl (C=O) groups is 3. The van der Waals surface area contributed by atoms with Crippen molar-refractivity contribution in [3.8, 4) is 11.5 Å². The third-order valence-corrected chi connectivity index (χ3v) is 4.67. The van der Waals surface area contributed by atoms with Crippen molar-refractivity contribution in [1.29, 1.82) is 0 Å². The van der Waals surface area contributed by atoms with Gasteiger partial charge in [-0.05, 0) is 49.2 Å². The largest absolute Gasteiger partial charge is 0.452 e. The van der Waals surface area contributed by atoms with Gasteiger partial charge in [0, 0.05) is 23.2 Å². The number of rotatable bonds is 5. The Bertz CT molecular complexity index is 1100. The van der Waals surface area contributed by atoms with Crippen LogP contribution in [0.5, 0.6) is 0 Å². The minimum atomic E-state index is -0.716. The van der Waals surface area contributed by atoms with Gasteiger partial charge in [-0.3, -0.25) is 9.59 Å². The smallest absolute Gasteiger partial charge is 0.361 e. The van der Waals surface area contributed by atoms with Gasteiger partial charge in [0.25, 0.3) is 0 Å². The zero-order valence-electron chi connectivity index (χ0n) is 15.7. The Kier molecular flexibility index (Phi) is 4.95. The number of amides is 1. The van der Waals surface area contributed by atoms with Crippen LogP contribution in [0.4, 0.5) is 5.69 Å². The number of fused-ring (bicyclic) bond motifs is 1. The maximum atomic E-state index is 12.4. The van der Waals surface area contributed by atoms with Crippen LogP contribution < -0.4 is 5.32 Å². The van der Waals surface area contributed by atoms with Crippen molar-refractivity contribution < 1.29 is 23.5 Å². The van der Waals surface area contributed by atoms with Crippen LogP contribution >= 0.6 is 0 Å². The van der Waals surface area contributed by atoms with E-state index in [9.17, 15) is 14.4 Å². The minimum Gasteiger partial charge on any atom is -0.452 e. The zero-order chi connectivity index (χ0) is 20.4. The lowest BCUT2D eigenvalue weighted by Crippen LogP contribution is -2.20. The van der Waals surface area contributed by atoms with Gasteiger partial charge in [0.2, 0.25) is 11.8 Å². The SMILES string of the molecule is Cc1oc(-c2ccccc2)nc1C(=O)OCC(=O)c1ccc2c(c1)CCC(=O)N2. The van der Waals surface area contributed by atoms with Crippen molar-refractivity contribution in [1.82, 2.24) is 4.98 Å². The van der Waals surface area contributed by atoms with Crippen LogP contribution in [0.2, 0.25) is 0 Å². The molecule has 7 nitrogen and oxygen atoms in total. The molecule has 2 heterocycles. The molecule has 1 amide bonds. The average molecular weight is 390 g/mol. The monoisotopic (exact) mass is 390 g/mol. The van der Waals surface area contributed by atoms with Crippen LogP contribution in [0.25, 0.3) is 11.5 Å². The molecule has 0 bridgehead atoms. The number of hydrogen-bond acceptors (Lipinski definition) is 6. The molecule has 146 valence electrons. The maximum Gasteiger partial charge on any atom is 0.361 e. The number of Topliss-reactive ketones (excluding diaryl/α,β-unsaturated/α-hetero) is 1. The van der Waals surface area contributed by atoms with Crippen molar-refractivity contribution in [3.05, 3.63) is 71.1 Å². The molecule has 29 heavy (non-hydrogen) atoms. The molecule has 0 spiro atoms. The second-order valence-corrected chi connectivity index (χ2v) is 6.71. The Morgan fingerprint density at radius 2 is 1.93 bits per heavy atom. The van der Waals surface area contributed by atoms with E-state index in [4.69, 9.17) is 9.15 Å². The van der Waals surface area contributed by atoms with Crippen molar-refractivity contribution >= 4 is 23.3 Å². The Morgan fingerprint density at radius 1 is 1.14 bits per heavy atom. The van der Waals surface area contributed by atoms with Crippen molar-refractivity contribution in [3.63, 3.8) is 0 Å². The number of nitrogens with zero attached hydrogens (tertiary/aromatic N) is 1. The van der Waals surface area contributed by atoms with Gasteiger partial charge in [0.15, 0.2) is 18.1 Å². The highest BCUT2D eigenvalue weighted by molar-refractivity contribution is 6.01. The second-order valence-electron chi connectivity index (χ2n) is 6.71. The molecule has 1 aromatic heterocycles. The predicted molar refractivity (Wildman–Crippen MR) is 105 cm³/mol. The van der Waals surface area contributed by atoms with Gasteiger partial charge in [-0.15, -0.1) is 0 Å². The van der Waals surface area contributed by atoms with E-state index in [-0.39, 0.29) is 17.4 Å². The number of nitrogens with one attached hydrogen (secondary N) is 1. The molecule has 1 aliphatic rings. The molecular formula is C22H18N2O5. The van der Waals surface area contributed by atoms with E-state index in [1.807, 2.05) is 30.3 Å².